The Morgan fingerprint density at radius 1 is 0.926 bits per heavy atom. The number of nitrogens with one attached hydrogen (secondary N) is 1. The Labute approximate surface area is 160 Å². The van der Waals surface area contributed by atoms with Crippen molar-refractivity contribution in [3.8, 4) is 5.75 Å². The van der Waals surface area contributed by atoms with Gasteiger partial charge in [-0.3, -0.25) is 9.59 Å². The quantitative estimate of drug-likeness (QED) is 0.487. The molecule has 0 saturated heterocycles. The standard InChI is InChI=1S/C22H27NO4/c1-18-9-11-19(12-10-18)13-14-21(24)23-15-17-27-22(25)8-5-16-26-20-6-3-2-4-7-20/h2-4,6-7,9-12H,5,8,13-17H2,1H3,(H,23,24). The first-order chi connectivity index (χ1) is 13.1. The normalized spacial score (nSPS) is 10.3. The van der Waals surface area contributed by atoms with Crippen LogP contribution < -0.4 is 10.1 Å². The van der Waals surface area contributed by atoms with Crippen molar-refractivity contribution in [2.75, 3.05) is 19.8 Å². The van der Waals surface area contributed by atoms with Crippen LogP contribution in [-0.4, -0.2) is 31.6 Å². The van der Waals surface area contributed by atoms with Gasteiger partial charge in [-0.05, 0) is 37.5 Å². The summed E-state index contributed by atoms with van der Waals surface area (Å²) in [5.41, 5.74) is 2.34. The monoisotopic (exact) mass is 369 g/mol. The largest absolute Gasteiger partial charge is 0.494 e. The van der Waals surface area contributed by atoms with Crippen molar-refractivity contribution in [1.29, 1.82) is 0 Å². The highest BCUT2D eigenvalue weighted by atomic mass is 16.5. The number of aryl methyl sites for hydroxylation is 2. The van der Waals surface area contributed by atoms with Crippen LogP contribution in [-0.2, 0) is 20.7 Å². The fourth-order valence-corrected chi connectivity index (χ4v) is 2.45. The Bertz CT molecular complexity index is 698. The van der Waals surface area contributed by atoms with E-state index in [4.69, 9.17) is 9.47 Å². The summed E-state index contributed by atoms with van der Waals surface area (Å²) in [5.74, 6) is 0.475. The van der Waals surface area contributed by atoms with Crippen molar-refractivity contribution in [1.82, 2.24) is 5.32 Å². The number of para-hydroxylation sites is 1. The molecule has 2 aromatic carbocycles. The highest BCUT2D eigenvalue weighted by Crippen LogP contribution is 2.09. The number of ether oxygens (including phenoxy) is 2. The molecule has 5 nitrogen and oxygen atoms in total. The lowest BCUT2D eigenvalue weighted by atomic mass is 10.1. The van der Waals surface area contributed by atoms with E-state index in [0.717, 1.165) is 11.3 Å². The van der Waals surface area contributed by atoms with Gasteiger partial charge in [0.15, 0.2) is 0 Å². The average Bonchev–Trinajstić information content (AvgIpc) is 2.69. The molecule has 0 spiro atoms. The van der Waals surface area contributed by atoms with Crippen LogP contribution in [0.1, 0.15) is 30.4 Å². The zero-order chi connectivity index (χ0) is 19.3. The van der Waals surface area contributed by atoms with Gasteiger partial charge in [0.2, 0.25) is 5.91 Å². The maximum atomic E-state index is 11.8. The van der Waals surface area contributed by atoms with E-state index in [1.807, 2.05) is 61.5 Å². The third kappa shape index (κ3) is 8.90. The number of benzene rings is 2. The molecule has 0 fully saturated rings. The van der Waals surface area contributed by atoms with Gasteiger partial charge in [-0.1, -0.05) is 48.0 Å². The molecule has 1 amide bonds. The summed E-state index contributed by atoms with van der Waals surface area (Å²) < 4.78 is 10.6. The summed E-state index contributed by atoms with van der Waals surface area (Å²) in [6.45, 7) is 3.02. The Kier molecular flexibility index (Phi) is 8.90. The number of hydrogen-bond donors (Lipinski definition) is 1. The Morgan fingerprint density at radius 3 is 2.41 bits per heavy atom. The van der Waals surface area contributed by atoms with Crippen LogP contribution in [0.2, 0.25) is 0 Å². The van der Waals surface area contributed by atoms with Crippen LogP contribution in [0.3, 0.4) is 0 Å². The zero-order valence-electron chi connectivity index (χ0n) is 15.8. The third-order valence-corrected chi connectivity index (χ3v) is 3.99. The van der Waals surface area contributed by atoms with Gasteiger partial charge in [0.1, 0.15) is 12.4 Å². The van der Waals surface area contributed by atoms with Crippen LogP contribution in [0.5, 0.6) is 5.75 Å². The summed E-state index contributed by atoms with van der Waals surface area (Å²) in [7, 11) is 0. The summed E-state index contributed by atoms with van der Waals surface area (Å²) in [6, 6.07) is 17.6. The second-order valence-electron chi connectivity index (χ2n) is 6.32. The van der Waals surface area contributed by atoms with Crippen molar-refractivity contribution in [2.45, 2.75) is 32.6 Å². The van der Waals surface area contributed by atoms with Crippen LogP contribution in [0, 0.1) is 6.92 Å². The van der Waals surface area contributed by atoms with Gasteiger partial charge in [-0.2, -0.15) is 0 Å². The van der Waals surface area contributed by atoms with Gasteiger partial charge in [0.05, 0.1) is 13.2 Å². The molecule has 0 radical (unpaired) electrons. The molecule has 0 aliphatic carbocycles. The molecule has 5 heteroatoms. The summed E-state index contributed by atoms with van der Waals surface area (Å²) in [5, 5.41) is 2.77. The first kappa shape index (κ1) is 20.5. The number of rotatable bonds is 11. The maximum Gasteiger partial charge on any atom is 0.305 e. The fraction of sp³-hybridized carbons (Fsp3) is 0.364. The smallest absolute Gasteiger partial charge is 0.305 e. The molecule has 0 saturated carbocycles. The number of amides is 1. The molecule has 2 rings (SSSR count). The van der Waals surface area contributed by atoms with Crippen LogP contribution >= 0.6 is 0 Å². The van der Waals surface area contributed by atoms with Crippen LogP contribution in [0.25, 0.3) is 0 Å². The van der Waals surface area contributed by atoms with Crippen molar-refractivity contribution in [2.24, 2.45) is 0 Å². The summed E-state index contributed by atoms with van der Waals surface area (Å²) in [6.07, 6.45) is 2.02. The Morgan fingerprint density at radius 2 is 1.67 bits per heavy atom. The van der Waals surface area contributed by atoms with Crippen molar-refractivity contribution in [3.63, 3.8) is 0 Å². The van der Waals surface area contributed by atoms with E-state index >= 15 is 0 Å². The molecule has 144 valence electrons. The third-order valence-electron chi connectivity index (χ3n) is 3.99. The first-order valence-electron chi connectivity index (χ1n) is 9.29. The van der Waals surface area contributed by atoms with Crippen LogP contribution in [0.15, 0.2) is 54.6 Å². The molecule has 0 aromatic heterocycles. The maximum absolute atomic E-state index is 11.8. The number of carbonyl (C=O) groups is 2. The molecule has 0 heterocycles. The molecule has 2 aromatic rings. The van der Waals surface area contributed by atoms with E-state index in [-0.39, 0.29) is 18.5 Å². The predicted molar refractivity (Wildman–Crippen MR) is 105 cm³/mol. The first-order valence-corrected chi connectivity index (χ1v) is 9.29. The minimum absolute atomic E-state index is 0.0390. The van der Waals surface area contributed by atoms with Gasteiger partial charge in [0, 0.05) is 12.8 Å². The van der Waals surface area contributed by atoms with Gasteiger partial charge in [-0.25, -0.2) is 0 Å². The Hall–Kier alpha value is -2.82. The van der Waals surface area contributed by atoms with Gasteiger partial charge < -0.3 is 14.8 Å². The lowest BCUT2D eigenvalue weighted by molar-refractivity contribution is -0.144. The predicted octanol–water partition coefficient (Wildman–Crippen LogP) is 3.45. The second kappa shape index (κ2) is 11.7. The molecule has 0 unspecified atom stereocenters. The van der Waals surface area contributed by atoms with Crippen molar-refractivity contribution >= 4 is 11.9 Å². The van der Waals surface area contributed by atoms with Crippen molar-refractivity contribution < 1.29 is 19.1 Å². The number of carbonyl (C=O) groups excluding carboxylic acids is 2. The number of esters is 1. The van der Waals surface area contributed by atoms with Gasteiger partial charge in [0.25, 0.3) is 0 Å². The fourth-order valence-electron chi connectivity index (χ4n) is 2.45. The van der Waals surface area contributed by atoms with E-state index in [1.54, 1.807) is 0 Å². The molecular formula is C22H27NO4. The topological polar surface area (TPSA) is 64.6 Å². The highest BCUT2D eigenvalue weighted by Gasteiger charge is 2.05. The summed E-state index contributed by atoms with van der Waals surface area (Å²) in [4.78, 5) is 23.5. The van der Waals surface area contributed by atoms with E-state index in [1.165, 1.54) is 5.56 Å². The van der Waals surface area contributed by atoms with E-state index in [9.17, 15) is 9.59 Å². The van der Waals surface area contributed by atoms with Crippen molar-refractivity contribution in [3.05, 3.63) is 65.7 Å². The molecule has 0 atom stereocenters. The molecule has 0 aliphatic heterocycles. The average molecular weight is 369 g/mol. The van der Waals surface area contributed by atoms with E-state index < -0.39 is 0 Å². The minimum atomic E-state index is -0.277. The number of hydrogen-bond acceptors (Lipinski definition) is 4. The minimum Gasteiger partial charge on any atom is -0.494 e. The molecular weight excluding hydrogens is 342 g/mol. The lowest BCUT2D eigenvalue weighted by Crippen LogP contribution is -2.28. The van der Waals surface area contributed by atoms with E-state index in [0.29, 0.717) is 38.8 Å². The van der Waals surface area contributed by atoms with Crippen LogP contribution in [0.4, 0.5) is 0 Å². The zero-order valence-corrected chi connectivity index (χ0v) is 15.8. The molecule has 0 bridgehead atoms. The van der Waals surface area contributed by atoms with Gasteiger partial charge in [-0.15, -0.1) is 0 Å². The Balaban J connectivity index is 1.47. The highest BCUT2D eigenvalue weighted by molar-refractivity contribution is 5.76. The van der Waals surface area contributed by atoms with E-state index in [2.05, 4.69) is 5.32 Å². The second-order valence-corrected chi connectivity index (χ2v) is 6.32. The van der Waals surface area contributed by atoms with Gasteiger partial charge >= 0.3 is 5.97 Å². The lowest BCUT2D eigenvalue weighted by Gasteiger charge is -2.08. The SMILES string of the molecule is Cc1ccc(CCC(=O)NCCOC(=O)CCCOc2ccccc2)cc1. The molecule has 27 heavy (non-hydrogen) atoms. The molecule has 0 aliphatic rings. The summed E-state index contributed by atoms with van der Waals surface area (Å²) >= 11 is 0. The molecule has 1 N–H and O–H groups in total.